The molecular formula is C21H27FN2O4S. The maximum absolute atomic E-state index is 14.2. The van der Waals surface area contributed by atoms with Gasteiger partial charge in [-0.05, 0) is 69.2 Å². The molecule has 8 heteroatoms. The van der Waals surface area contributed by atoms with Crippen LogP contribution in [0, 0.1) is 19.7 Å². The van der Waals surface area contributed by atoms with E-state index in [4.69, 9.17) is 4.74 Å². The summed E-state index contributed by atoms with van der Waals surface area (Å²) in [4.78, 5) is 13.8. The number of hydrogen-bond donors (Lipinski definition) is 1. The van der Waals surface area contributed by atoms with Gasteiger partial charge in [0.2, 0.25) is 10.0 Å². The van der Waals surface area contributed by atoms with E-state index in [1.54, 1.807) is 13.8 Å². The molecule has 0 saturated heterocycles. The fourth-order valence-electron chi connectivity index (χ4n) is 2.84. The minimum atomic E-state index is -3.83. The number of ether oxygens (including phenoxy) is 1. The van der Waals surface area contributed by atoms with Crippen LogP contribution in [0.25, 0.3) is 0 Å². The van der Waals surface area contributed by atoms with Crippen LogP contribution in [0.3, 0.4) is 0 Å². The van der Waals surface area contributed by atoms with Gasteiger partial charge >= 0.3 is 0 Å². The van der Waals surface area contributed by atoms with E-state index in [1.807, 2.05) is 32.0 Å². The fraction of sp³-hybridized carbons (Fsp3) is 0.381. The highest BCUT2D eigenvalue weighted by Crippen LogP contribution is 2.18. The Balaban J connectivity index is 2.09. The molecule has 29 heavy (non-hydrogen) atoms. The van der Waals surface area contributed by atoms with Gasteiger partial charge < -0.3 is 9.64 Å². The predicted octanol–water partition coefficient (Wildman–Crippen LogP) is 3.28. The highest BCUT2D eigenvalue weighted by Gasteiger charge is 2.22. The molecule has 0 atom stereocenters. The number of carbonyl (C=O) groups excluding carboxylic acids is 1. The van der Waals surface area contributed by atoms with E-state index in [-0.39, 0.29) is 29.7 Å². The van der Waals surface area contributed by atoms with Crippen molar-refractivity contribution in [2.45, 2.75) is 38.6 Å². The monoisotopic (exact) mass is 422 g/mol. The zero-order chi connectivity index (χ0) is 21.8. The molecular weight excluding hydrogens is 395 g/mol. The van der Waals surface area contributed by atoms with Crippen LogP contribution in [0.2, 0.25) is 0 Å². The number of rotatable bonds is 8. The van der Waals surface area contributed by atoms with Crippen molar-refractivity contribution in [1.29, 1.82) is 0 Å². The van der Waals surface area contributed by atoms with Crippen LogP contribution in [0.5, 0.6) is 5.75 Å². The van der Waals surface area contributed by atoms with Gasteiger partial charge in [0, 0.05) is 13.1 Å². The van der Waals surface area contributed by atoms with Gasteiger partial charge in [0.1, 0.15) is 18.2 Å². The lowest BCUT2D eigenvalue weighted by molar-refractivity contribution is 0.0769. The van der Waals surface area contributed by atoms with Crippen molar-refractivity contribution in [2.75, 3.05) is 20.2 Å². The van der Waals surface area contributed by atoms with Crippen molar-refractivity contribution in [3.05, 3.63) is 58.9 Å². The van der Waals surface area contributed by atoms with Crippen LogP contribution < -0.4 is 9.46 Å². The Hall–Kier alpha value is -2.45. The number of sulfonamides is 1. The number of likely N-dealkylation sites (N-methyl/N-ethyl adjacent to an activating group) is 1. The first-order chi connectivity index (χ1) is 13.5. The summed E-state index contributed by atoms with van der Waals surface area (Å²) in [6.45, 7) is 7.72. The van der Waals surface area contributed by atoms with Gasteiger partial charge in [-0.25, -0.2) is 17.5 Å². The average Bonchev–Trinajstić information content (AvgIpc) is 2.59. The molecule has 0 aromatic heterocycles. The molecule has 0 radical (unpaired) electrons. The minimum Gasteiger partial charge on any atom is -0.492 e. The number of nitrogens with one attached hydrogen (secondary N) is 1. The molecule has 2 rings (SSSR count). The second-order valence-corrected chi connectivity index (χ2v) is 9.03. The van der Waals surface area contributed by atoms with Crippen LogP contribution in [0.15, 0.2) is 41.3 Å². The Bertz CT molecular complexity index is 970. The van der Waals surface area contributed by atoms with Gasteiger partial charge in [-0.2, -0.15) is 0 Å². The number of carbonyl (C=O) groups is 1. The summed E-state index contributed by atoms with van der Waals surface area (Å²) in [7, 11) is -2.32. The summed E-state index contributed by atoms with van der Waals surface area (Å²) >= 11 is 0. The lowest BCUT2D eigenvalue weighted by Crippen LogP contribution is -2.33. The molecule has 0 spiro atoms. The first-order valence-electron chi connectivity index (χ1n) is 9.28. The maximum Gasteiger partial charge on any atom is 0.256 e. The Morgan fingerprint density at radius 1 is 1.14 bits per heavy atom. The highest BCUT2D eigenvalue weighted by molar-refractivity contribution is 7.89. The largest absolute Gasteiger partial charge is 0.492 e. The smallest absolute Gasteiger partial charge is 0.256 e. The quantitative estimate of drug-likeness (QED) is 0.708. The van der Waals surface area contributed by atoms with E-state index in [0.29, 0.717) is 5.75 Å². The molecule has 0 bridgehead atoms. The van der Waals surface area contributed by atoms with Crippen LogP contribution in [0.1, 0.15) is 35.3 Å². The van der Waals surface area contributed by atoms with Gasteiger partial charge in [0.25, 0.3) is 5.91 Å². The van der Waals surface area contributed by atoms with Crippen LogP contribution in [-0.2, 0) is 10.0 Å². The molecule has 1 N–H and O–H groups in total. The third-order valence-corrected chi connectivity index (χ3v) is 5.76. The molecule has 158 valence electrons. The Morgan fingerprint density at radius 2 is 1.76 bits per heavy atom. The molecule has 1 amide bonds. The van der Waals surface area contributed by atoms with E-state index in [2.05, 4.69) is 4.72 Å². The first kappa shape index (κ1) is 22.8. The molecule has 0 heterocycles. The number of benzene rings is 2. The Labute approximate surface area is 171 Å². The number of halogens is 1. The minimum absolute atomic E-state index is 0.157. The number of hydrogen-bond acceptors (Lipinski definition) is 4. The summed E-state index contributed by atoms with van der Waals surface area (Å²) < 4.78 is 46.9. The molecule has 0 aliphatic rings. The second kappa shape index (κ2) is 9.37. The van der Waals surface area contributed by atoms with Crippen molar-refractivity contribution >= 4 is 15.9 Å². The van der Waals surface area contributed by atoms with E-state index >= 15 is 0 Å². The molecule has 2 aromatic carbocycles. The summed E-state index contributed by atoms with van der Waals surface area (Å²) in [5.41, 5.74) is 1.84. The van der Waals surface area contributed by atoms with Crippen LogP contribution in [0.4, 0.5) is 4.39 Å². The average molecular weight is 423 g/mol. The third-order valence-electron chi connectivity index (χ3n) is 4.11. The SMILES string of the molecule is Cc1cc(C)cc(OCCN(C)C(=O)c2cc(S(=O)(=O)NC(C)C)ccc2F)c1. The van der Waals surface area contributed by atoms with Gasteiger partial charge in [-0.1, -0.05) is 6.07 Å². The molecule has 2 aromatic rings. The molecule has 6 nitrogen and oxygen atoms in total. The standard InChI is InChI=1S/C21H27FN2O4S/c1-14(2)23-29(26,27)18-6-7-20(22)19(13-18)21(25)24(5)8-9-28-17-11-15(3)10-16(4)12-17/h6-7,10-14,23H,8-9H2,1-5H3. The second-order valence-electron chi connectivity index (χ2n) is 7.32. The van der Waals surface area contributed by atoms with Crippen molar-refractivity contribution in [3.63, 3.8) is 0 Å². The van der Waals surface area contributed by atoms with Crippen molar-refractivity contribution in [3.8, 4) is 5.75 Å². The Morgan fingerprint density at radius 3 is 2.34 bits per heavy atom. The van der Waals surface area contributed by atoms with Gasteiger partial charge in [-0.3, -0.25) is 4.79 Å². The molecule has 0 saturated carbocycles. The predicted molar refractivity (Wildman–Crippen MR) is 110 cm³/mol. The van der Waals surface area contributed by atoms with Crippen molar-refractivity contribution in [1.82, 2.24) is 9.62 Å². The third kappa shape index (κ3) is 6.27. The zero-order valence-corrected chi connectivity index (χ0v) is 18.1. The summed E-state index contributed by atoms with van der Waals surface area (Å²) in [5, 5.41) is 0. The summed E-state index contributed by atoms with van der Waals surface area (Å²) in [6, 6.07) is 8.68. The lowest BCUT2D eigenvalue weighted by atomic mass is 10.1. The number of amides is 1. The molecule has 0 aliphatic carbocycles. The van der Waals surface area contributed by atoms with Crippen LogP contribution in [-0.4, -0.2) is 45.5 Å². The van der Waals surface area contributed by atoms with E-state index in [1.165, 1.54) is 11.9 Å². The number of aryl methyl sites for hydroxylation is 2. The molecule has 0 aliphatic heterocycles. The summed E-state index contributed by atoms with van der Waals surface area (Å²) in [5.74, 6) is -0.698. The normalized spacial score (nSPS) is 11.6. The van der Waals surface area contributed by atoms with E-state index in [9.17, 15) is 17.6 Å². The van der Waals surface area contributed by atoms with Gasteiger partial charge in [0.15, 0.2) is 0 Å². The van der Waals surface area contributed by atoms with E-state index in [0.717, 1.165) is 29.3 Å². The zero-order valence-electron chi connectivity index (χ0n) is 17.3. The lowest BCUT2D eigenvalue weighted by Gasteiger charge is -2.19. The fourth-order valence-corrected chi connectivity index (χ4v) is 4.11. The maximum atomic E-state index is 14.2. The molecule has 0 unspecified atom stereocenters. The van der Waals surface area contributed by atoms with Crippen LogP contribution >= 0.6 is 0 Å². The Kier molecular flexibility index (Phi) is 7.37. The molecule has 0 fully saturated rings. The first-order valence-corrected chi connectivity index (χ1v) is 10.8. The van der Waals surface area contributed by atoms with Crippen molar-refractivity contribution in [2.24, 2.45) is 0 Å². The number of nitrogens with zero attached hydrogens (tertiary/aromatic N) is 1. The van der Waals surface area contributed by atoms with Crippen molar-refractivity contribution < 1.29 is 22.3 Å². The van der Waals surface area contributed by atoms with Gasteiger partial charge in [0.05, 0.1) is 17.0 Å². The van der Waals surface area contributed by atoms with E-state index < -0.39 is 21.7 Å². The highest BCUT2D eigenvalue weighted by atomic mass is 32.2. The summed E-state index contributed by atoms with van der Waals surface area (Å²) in [6.07, 6.45) is 0. The topological polar surface area (TPSA) is 75.7 Å². The van der Waals surface area contributed by atoms with Gasteiger partial charge in [-0.15, -0.1) is 0 Å².